The highest BCUT2D eigenvalue weighted by atomic mass is 32.1. The number of amides is 3. The number of benzene rings is 1. The van der Waals surface area contributed by atoms with Crippen molar-refractivity contribution in [3.63, 3.8) is 0 Å². The molecule has 9 heteroatoms. The lowest BCUT2D eigenvalue weighted by Gasteiger charge is -2.25. The molecule has 2 atom stereocenters. The number of carbonyl (C=O) groups is 4. The topological polar surface area (TPSA) is 114 Å². The Balaban J connectivity index is 1.61. The quantitative estimate of drug-likeness (QED) is 0.561. The van der Waals surface area contributed by atoms with Crippen LogP contribution in [0.4, 0.5) is 4.79 Å². The van der Waals surface area contributed by atoms with E-state index in [1.54, 1.807) is 25.2 Å². The van der Waals surface area contributed by atoms with Crippen molar-refractivity contribution in [3.05, 3.63) is 57.8 Å². The number of rotatable bonds is 6. The molecule has 0 aliphatic carbocycles. The molecular formula is C24H29N3O5S. The SMILES string of the molecule is CC(C)C(NC(=O)OCc1ccccc1)C(=O)NC1CCCc2cscc2CNC(=O)C1=O. The van der Waals surface area contributed by atoms with E-state index in [1.807, 2.05) is 41.1 Å². The molecule has 8 nitrogen and oxygen atoms in total. The minimum Gasteiger partial charge on any atom is -0.445 e. The average Bonchev–Trinajstić information content (AvgIpc) is 3.25. The summed E-state index contributed by atoms with van der Waals surface area (Å²) in [6, 6.07) is 7.33. The standard InChI is InChI=1S/C24H29N3O5S/c1-15(2)20(27-24(31)32-12-16-7-4-3-5-8-16)22(29)26-19-10-6-9-17-13-33-14-18(17)11-25-23(30)21(19)28/h3-5,7-8,13-15,19-20H,6,9-12H2,1-2H3,(H,25,30)(H,26,29)(H,27,31). The van der Waals surface area contributed by atoms with Crippen molar-refractivity contribution in [2.24, 2.45) is 5.92 Å². The predicted octanol–water partition coefficient (Wildman–Crippen LogP) is 2.71. The largest absolute Gasteiger partial charge is 0.445 e. The van der Waals surface area contributed by atoms with Crippen LogP contribution in [0.1, 0.15) is 43.4 Å². The maximum atomic E-state index is 13.0. The highest BCUT2D eigenvalue weighted by molar-refractivity contribution is 7.08. The Kier molecular flexibility index (Phi) is 8.59. The maximum absolute atomic E-state index is 13.0. The number of thiophene rings is 1. The van der Waals surface area contributed by atoms with Crippen molar-refractivity contribution in [2.45, 2.75) is 58.3 Å². The number of ether oxygens (including phenoxy) is 1. The van der Waals surface area contributed by atoms with Gasteiger partial charge in [-0.05, 0) is 52.6 Å². The van der Waals surface area contributed by atoms with Crippen molar-refractivity contribution in [2.75, 3.05) is 0 Å². The summed E-state index contributed by atoms with van der Waals surface area (Å²) in [7, 11) is 0. The van der Waals surface area contributed by atoms with Gasteiger partial charge in [-0.25, -0.2) is 4.79 Å². The van der Waals surface area contributed by atoms with Crippen LogP contribution in [0, 0.1) is 5.92 Å². The van der Waals surface area contributed by atoms with Crippen molar-refractivity contribution >= 4 is 35.0 Å². The van der Waals surface area contributed by atoms with Crippen molar-refractivity contribution < 1.29 is 23.9 Å². The lowest BCUT2D eigenvalue weighted by molar-refractivity contribution is -0.140. The number of nitrogens with one attached hydrogen (secondary N) is 3. The van der Waals surface area contributed by atoms with E-state index in [9.17, 15) is 19.2 Å². The summed E-state index contributed by atoms with van der Waals surface area (Å²) in [5.74, 6) is -2.20. The molecule has 0 saturated heterocycles. The highest BCUT2D eigenvalue weighted by Crippen LogP contribution is 2.19. The van der Waals surface area contributed by atoms with Crippen LogP contribution in [0.2, 0.25) is 0 Å². The van der Waals surface area contributed by atoms with Gasteiger partial charge in [0.1, 0.15) is 12.6 Å². The zero-order chi connectivity index (χ0) is 23.8. The molecule has 1 aromatic heterocycles. The van der Waals surface area contributed by atoms with Gasteiger partial charge in [0.2, 0.25) is 11.7 Å². The molecule has 0 spiro atoms. The van der Waals surface area contributed by atoms with Crippen LogP contribution in [0.15, 0.2) is 41.1 Å². The van der Waals surface area contributed by atoms with E-state index in [2.05, 4.69) is 16.0 Å². The maximum Gasteiger partial charge on any atom is 0.408 e. The molecule has 1 aliphatic heterocycles. The average molecular weight is 472 g/mol. The second-order valence-electron chi connectivity index (χ2n) is 8.35. The fraction of sp³-hybridized carbons (Fsp3) is 0.417. The van der Waals surface area contributed by atoms with E-state index in [0.717, 1.165) is 23.1 Å². The highest BCUT2D eigenvalue weighted by Gasteiger charge is 2.32. The zero-order valence-corrected chi connectivity index (χ0v) is 19.6. The van der Waals surface area contributed by atoms with Gasteiger partial charge < -0.3 is 20.7 Å². The van der Waals surface area contributed by atoms with Gasteiger partial charge in [-0.2, -0.15) is 11.3 Å². The Hall–Kier alpha value is -3.20. The van der Waals surface area contributed by atoms with Crippen molar-refractivity contribution in [3.8, 4) is 0 Å². The van der Waals surface area contributed by atoms with E-state index >= 15 is 0 Å². The molecule has 1 aliphatic rings. The normalized spacial score (nSPS) is 17.5. The van der Waals surface area contributed by atoms with E-state index in [4.69, 9.17) is 4.74 Å². The molecule has 2 aromatic rings. The molecule has 2 heterocycles. The summed E-state index contributed by atoms with van der Waals surface area (Å²) in [5.41, 5.74) is 2.98. The van der Waals surface area contributed by atoms with Crippen molar-refractivity contribution in [1.82, 2.24) is 16.0 Å². The van der Waals surface area contributed by atoms with E-state index in [1.165, 1.54) is 0 Å². The Bertz CT molecular complexity index is 989. The lowest BCUT2D eigenvalue weighted by atomic mass is 9.98. The van der Waals surface area contributed by atoms with Gasteiger partial charge in [-0.15, -0.1) is 0 Å². The summed E-state index contributed by atoms with van der Waals surface area (Å²) in [6.45, 7) is 3.92. The molecule has 3 amide bonds. The summed E-state index contributed by atoms with van der Waals surface area (Å²) in [6.07, 6.45) is 1.00. The van der Waals surface area contributed by atoms with Gasteiger partial charge in [-0.3, -0.25) is 14.4 Å². The minimum absolute atomic E-state index is 0.0744. The van der Waals surface area contributed by atoms with Crippen LogP contribution in [0.25, 0.3) is 0 Å². The van der Waals surface area contributed by atoms with E-state index in [-0.39, 0.29) is 19.1 Å². The number of fused-ring (bicyclic) bond motifs is 1. The molecule has 3 N–H and O–H groups in total. The second-order valence-corrected chi connectivity index (χ2v) is 9.09. The van der Waals surface area contributed by atoms with E-state index < -0.39 is 35.8 Å². The number of alkyl carbamates (subject to hydrolysis) is 1. The molecule has 33 heavy (non-hydrogen) atoms. The Labute approximate surface area is 197 Å². The first-order valence-corrected chi connectivity index (χ1v) is 11.9. The van der Waals surface area contributed by atoms with Gasteiger partial charge >= 0.3 is 6.09 Å². The molecule has 2 unspecified atom stereocenters. The molecular weight excluding hydrogens is 442 g/mol. The zero-order valence-electron chi connectivity index (χ0n) is 18.8. The predicted molar refractivity (Wildman–Crippen MR) is 124 cm³/mol. The molecule has 1 aromatic carbocycles. The summed E-state index contributed by atoms with van der Waals surface area (Å²) in [4.78, 5) is 50.3. The molecule has 3 rings (SSSR count). The first-order chi connectivity index (χ1) is 15.8. The number of carbonyl (C=O) groups excluding carboxylic acids is 4. The lowest BCUT2D eigenvalue weighted by Crippen LogP contribution is -2.55. The molecule has 0 saturated carbocycles. The van der Waals surface area contributed by atoms with Crippen LogP contribution in [0.3, 0.4) is 0 Å². The smallest absolute Gasteiger partial charge is 0.408 e. The summed E-state index contributed by atoms with van der Waals surface area (Å²) < 4.78 is 5.22. The second kappa shape index (κ2) is 11.6. The number of ketones is 1. The Morgan fingerprint density at radius 1 is 1.15 bits per heavy atom. The van der Waals surface area contributed by atoms with Crippen molar-refractivity contribution in [1.29, 1.82) is 0 Å². The Morgan fingerprint density at radius 2 is 1.88 bits per heavy atom. The summed E-state index contributed by atoms with van der Waals surface area (Å²) >= 11 is 1.56. The summed E-state index contributed by atoms with van der Waals surface area (Å²) in [5, 5.41) is 11.9. The molecule has 176 valence electrons. The third kappa shape index (κ3) is 6.89. The molecule has 0 radical (unpaired) electrons. The molecule has 0 fully saturated rings. The first-order valence-electron chi connectivity index (χ1n) is 11.0. The monoisotopic (exact) mass is 471 g/mol. The van der Waals surface area contributed by atoms with Gasteiger partial charge in [-0.1, -0.05) is 44.2 Å². The third-order valence-electron chi connectivity index (χ3n) is 5.50. The number of hydrogen-bond acceptors (Lipinski definition) is 6. The van der Waals surface area contributed by atoms with Crippen LogP contribution < -0.4 is 16.0 Å². The minimum atomic E-state index is -0.957. The van der Waals surface area contributed by atoms with Gasteiger partial charge in [0.15, 0.2) is 0 Å². The third-order valence-corrected chi connectivity index (χ3v) is 6.34. The fourth-order valence-corrected chi connectivity index (χ4v) is 4.50. The first kappa shape index (κ1) is 24.4. The fourth-order valence-electron chi connectivity index (χ4n) is 3.60. The van der Waals surface area contributed by atoms with Crippen LogP contribution >= 0.6 is 11.3 Å². The van der Waals surface area contributed by atoms with Crippen LogP contribution in [-0.4, -0.2) is 35.8 Å². The Morgan fingerprint density at radius 3 is 2.61 bits per heavy atom. The molecule has 0 bridgehead atoms. The van der Waals surface area contributed by atoms with Gasteiger partial charge in [0.05, 0.1) is 6.04 Å². The van der Waals surface area contributed by atoms with Gasteiger partial charge in [0.25, 0.3) is 5.91 Å². The van der Waals surface area contributed by atoms with Gasteiger partial charge in [0, 0.05) is 6.54 Å². The number of Topliss-reactive ketones (excluding diaryl/α,β-unsaturated/α-hetero) is 1. The number of hydrogen-bond donors (Lipinski definition) is 3. The van der Waals surface area contributed by atoms with E-state index in [0.29, 0.717) is 12.8 Å². The number of aryl methyl sites for hydroxylation is 1. The van der Waals surface area contributed by atoms with Crippen LogP contribution in [-0.2, 0) is 38.7 Å². The van der Waals surface area contributed by atoms with Crippen LogP contribution in [0.5, 0.6) is 0 Å².